The maximum atomic E-state index is 11.9. The number of fused-ring (bicyclic) bond motifs is 1. The molecule has 21 heavy (non-hydrogen) atoms. The number of carbonyl (C=O) groups is 1. The molecular weight excluding hydrogens is 270 g/mol. The minimum atomic E-state index is -0.257. The molecule has 6 heteroatoms. The molecule has 1 aromatic carbocycles. The van der Waals surface area contributed by atoms with Gasteiger partial charge in [0.15, 0.2) is 23.9 Å². The number of hydrogen-bond acceptors (Lipinski definition) is 4. The van der Waals surface area contributed by atoms with Gasteiger partial charge in [0.1, 0.15) is 7.05 Å². The fraction of sp³-hybridized carbons (Fsp3) is 0.133. The predicted octanol–water partition coefficient (Wildman–Crippen LogP) is 1.00. The summed E-state index contributed by atoms with van der Waals surface area (Å²) in [5.74, 6) is 1.14. The van der Waals surface area contributed by atoms with Crippen LogP contribution in [0.2, 0.25) is 0 Å². The maximum absolute atomic E-state index is 11.9. The summed E-state index contributed by atoms with van der Waals surface area (Å²) < 4.78 is 12.4. The second-order valence-corrected chi connectivity index (χ2v) is 4.56. The zero-order valence-corrected chi connectivity index (χ0v) is 11.4. The largest absolute Gasteiger partial charge is 0.454 e. The van der Waals surface area contributed by atoms with Gasteiger partial charge in [0.2, 0.25) is 6.79 Å². The van der Waals surface area contributed by atoms with E-state index in [0.717, 1.165) is 5.56 Å². The minimum absolute atomic E-state index is 0.234. The summed E-state index contributed by atoms with van der Waals surface area (Å²) in [6.07, 6.45) is 5.16. The lowest BCUT2D eigenvalue weighted by atomic mass is 10.2. The molecule has 0 radical (unpaired) electrons. The summed E-state index contributed by atoms with van der Waals surface area (Å²) in [4.78, 5) is 11.9. The van der Waals surface area contributed by atoms with Crippen molar-refractivity contribution in [1.82, 2.24) is 5.43 Å². The standard InChI is InChI=1S/C15H13N3O3/c1-18-6-4-12(5-7-18)15(19)17-16-9-11-2-3-13-14(8-11)21-10-20-13/h2-9H,10H2,1H3/p+1. The van der Waals surface area contributed by atoms with Gasteiger partial charge in [0.05, 0.1) is 11.8 Å². The third-order valence-electron chi connectivity index (χ3n) is 3.02. The molecule has 0 bridgehead atoms. The normalized spacial score (nSPS) is 12.6. The lowest BCUT2D eigenvalue weighted by Gasteiger charge is -1.99. The van der Waals surface area contributed by atoms with E-state index < -0.39 is 0 Å². The van der Waals surface area contributed by atoms with E-state index in [9.17, 15) is 4.79 Å². The van der Waals surface area contributed by atoms with Crippen molar-refractivity contribution in [3.05, 3.63) is 53.9 Å². The van der Waals surface area contributed by atoms with E-state index in [1.165, 1.54) is 0 Å². The second-order valence-electron chi connectivity index (χ2n) is 4.56. The van der Waals surface area contributed by atoms with Crippen LogP contribution < -0.4 is 19.5 Å². The molecule has 0 fully saturated rings. The second kappa shape index (κ2) is 5.62. The Balaban J connectivity index is 1.64. The van der Waals surface area contributed by atoms with Crippen molar-refractivity contribution in [3.8, 4) is 11.5 Å². The summed E-state index contributed by atoms with van der Waals surface area (Å²) >= 11 is 0. The van der Waals surface area contributed by atoms with Gasteiger partial charge in [0.25, 0.3) is 5.91 Å². The molecule has 2 heterocycles. The van der Waals surface area contributed by atoms with Gasteiger partial charge in [-0.1, -0.05) is 0 Å². The molecule has 2 aromatic rings. The van der Waals surface area contributed by atoms with Crippen LogP contribution in [0.4, 0.5) is 0 Å². The van der Waals surface area contributed by atoms with Crippen molar-refractivity contribution in [3.63, 3.8) is 0 Å². The van der Waals surface area contributed by atoms with Crippen LogP contribution in [0.1, 0.15) is 15.9 Å². The molecule has 1 aliphatic rings. The number of hydrogen-bond donors (Lipinski definition) is 1. The van der Waals surface area contributed by atoms with Crippen LogP contribution in [0.25, 0.3) is 0 Å². The molecule has 6 nitrogen and oxygen atoms in total. The number of benzene rings is 1. The van der Waals surface area contributed by atoms with Crippen LogP contribution in [-0.2, 0) is 7.05 Å². The molecular formula is C15H14N3O3+. The van der Waals surface area contributed by atoms with E-state index in [2.05, 4.69) is 10.5 Å². The van der Waals surface area contributed by atoms with Gasteiger partial charge < -0.3 is 9.47 Å². The first-order chi connectivity index (χ1) is 10.2. The quantitative estimate of drug-likeness (QED) is 0.519. The highest BCUT2D eigenvalue weighted by Crippen LogP contribution is 2.31. The lowest BCUT2D eigenvalue weighted by Crippen LogP contribution is -2.27. The smallest absolute Gasteiger partial charge is 0.271 e. The minimum Gasteiger partial charge on any atom is -0.454 e. The maximum Gasteiger partial charge on any atom is 0.271 e. The van der Waals surface area contributed by atoms with Crippen molar-refractivity contribution in [1.29, 1.82) is 0 Å². The number of aryl methyl sites for hydroxylation is 1. The van der Waals surface area contributed by atoms with Crippen molar-refractivity contribution in [2.45, 2.75) is 0 Å². The van der Waals surface area contributed by atoms with Gasteiger partial charge in [-0.2, -0.15) is 5.10 Å². The van der Waals surface area contributed by atoms with Crippen LogP contribution in [0, 0.1) is 0 Å². The van der Waals surface area contributed by atoms with Crippen molar-refractivity contribution < 1.29 is 18.8 Å². The van der Waals surface area contributed by atoms with Crippen LogP contribution in [0.15, 0.2) is 47.8 Å². The SMILES string of the molecule is C[n+]1ccc(C(=O)NN=Cc2ccc3c(c2)OCO3)cc1. The van der Waals surface area contributed by atoms with Crippen LogP contribution in [0.3, 0.4) is 0 Å². The number of rotatable bonds is 3. The topological polar surface area (TPSA) is 63.8 Å². The van der Waals surface area contributed by atoms with Crippen molar-refractivity contribution >= 4 is 12.1 Å². The Morgan fingerprint density at radius 2 is 2.00 bits per heavy atom. The molecule has 0 saturated carbocycles. The molecule has 1 aromatic heterocycles. The Kier molecular flexibility index (Phi) is 3.51. The molecule has 0 unspecified atom stereocenters. The van der Waals surface area contributed by atoms with E-state index in [4.69, 9.17) is 9.47 Å². The fourth-order valence-electron chi connectivity index (χ4n) is 1.88. The number of ether oxygens (including phenoxy) is 2. The first-order valence-electron chi connectivity index (χ1n) is 6.41. The number of hydrazone groups is 1. The van der Waals surface area contributed by atoms with E-state index >= 15 is 0 Å². The van der Waals surface area contributed by atoms with Crippen LogP contribution in [-0.4, -0.2) is 18.9 Å². The Labute approximate surface area is 121 Å². The van der Waals surface area contributed by atoms with Gasteiger partial charge in [-0.15, -0.1) is 0 Å². The van der Waals surface area contributed by atoms with Gasteiger partial charge in [-0.3, -0.25) is 4.79 Å². The Hall–Kier alpha value is -2.89. The molecule has 1 aliphatic heterocycles. The summed E-state index contributed by atoms with van der Waals surface area (Å²) in [6.45, 7) is 0.234. The molecule has 1 amide bonds. The predicted molar refractivity (Wildman–Crippen MR) is 75.2 cm³/mol. The Morgan fingerprint density at radius 3 is 2.81 bits per heavy atom. The third-order valence-corrected chi connectivity index (χ3v) is 3.02. The highest BCUT2D eigenvalue weighted by molar-refractivity contribution is 5.94. The van der Waals surface area contributed by atoms with Crippen LogP contribution in [0.5, 0.6) is 11.5 Å². The molecule has 106 valence electrons. The number of nitrogens with one attached hydrogen (secondary N) is 1. The van der Waals surface area contributed by atoms with E-state index in [0.29, 0.717) is 17.1 Å². The summed E-state index contributed by atoms with van der Waals surface area (Å²) in [5.41, 5.74) is 3.85. The van der Waals surface area contributed by atoms with Gasteiger partial charge in [-0.25, -0.2) is 9.99 Å². The molecule has 0 aliphatic carbocycles. The van der Waals surface area contributed by atoms with E-state index in [-0.39, 0.29) is 12.7 Å². The number of nitrogens with zero attached hydrogens (tertiary/aromatic N) is 2. The molecule has 3 rings (SSSR count). The van der Waals surface area contributed by atoms with Crippen molar-refractivity contribution in [2.24, 2.45) is 12.1 Å². The fourth-order valence-corrected chi connectivity index (χ4v) is 1.88. The van der Waals surface area contributed by atoms with Crippen LogP contribution >= 0.6 is 0 Å². The highest BCUT2D eigenvalue weighted by atomic mass is 16.7. The van der Waals surface area contributed by atoms with Crippen molar-refractivity contribution in [2.75, 3.05) is 6.79 Å². The Morgan fingerprint density at radius 1 is 1.24 bits per heavy atom. The Bertz CT molecular complexity index is 696. The monoisotopic (exact) mass is 284 g/mol. The molecule has 0 saturated heterocycles. The zero-order valence-electron chi connectivity index (χ0n) is 11.4. The summed E-state index contributed by atoms with van der Waals surface area (Å²) in [6, 6.07) is 8.91. The first-order valence-corrected chi connectivity index (χ1v) is 6.41. The van der Waals surface area contributed by atoms with Gasteiger partial charge in [0, 0.05) is 12.1 Å². The number of amides is 1. The lowest BCUT2D eigenvalue weighted by molar-refractivity contribution is -0.671. The summed E-state index contributed by atoms with van der Waals surface area (Å²) in [7, 11) is 1.89. The zero-order chi connectivity index (χ0) is 14.7. The van der Waals surface area contributed by atoms with Gasteiger partial charge in [-0.05, 0) is 23.8 Å². The molecule has 1 N–H and O–H groups in total. The number of aromatic nitrogens is 1. The molecule has 0 atom stereocenters. The van der Waals surface area contributed by atoms with E-state index in [1.807, 2.05) is 23.7 Å². The number of carbonyl (C=O) groups excluding carboxylic acids is 1. The van der Waals surface area contributed by atoms with Gasteiger partial charge >= 0.3 is 0 Å². The first kappa shape index (κ1) is 13.1. The average molecular weight is 284 g/mol. The third kappa shape index (κ3) is 3.00. The average Bonchev–Trinajstić information content (AvgIpc) is 2.95. The molecule has 0 spiro atoms. The summed E-state index contributed by atoms with van der Waals surface area (Å²) in [5, 5.41) is 3.94. The number of pyridine rings is 1. The van der Waals surface area contributed by atoms with E-state index in [1.54, 1.807) is 36.8 Å². The highest BCUT2D eigenvalue weighted by Gasteiger charge is 2.12.